The quantitative estimate of drug-likeness (QED) is 0.258. The number of methoxy groups -OCH3 is 1. The summed E-state index contributed by atoms with van der Waals surface area (Å²) >= 11 is 0. The molecule has 14 heteroatoms. The number of likely N-dealkylation sites (tertiary alicyclic amines) is 1. The fourth-order valence-corrected chi connectivity index (χ4v) is 7.49. The van der Waals surface area contributed by atoms with Crippen LogP contribution in [0.5, 0.6) is 5.75 Å². The van der Waals surface area contributed by atoms with Crippen molar-refractivity contribution < 1.29 is 41.1 Å². The minimum Gasteiger partial charge on any atom is -0.494 e. The highest BCUT2D eigenvalue weighted by Gasteiger charge is 2.42. The first-order valence-corrected chi connectivity index (χ1v) is 16.3. The van der Waals surface area contributed by atoms with E-state index in [1.807, 2.05) is 0 Å². The lowest BCUT2D eigenvalue weighted by Crippen LogP contribution is -2.38. The summed E-state index contributed by atoms with van der Waals surface area (Å²) in [5, 5.41) is 4.91. The van der Waals surface area contributed by atoms with Crippen molar-refractivity contribution >= 4 is 39.1 Å². The Morgan fingerprint density at radius 2 is 1.76 bits per heavy atom. The summed E-state index contributed by atoms with van der Waals surface area (Å²) in [5.74, 6) is -2.99. The van der Waals surface area contributed by atoms with Crippen molar-refractivity contribution in [2.24, 2.45) is 5.73 Å². The summed E-state index contributed by atoms with van der Waals surface area (Å²) in [6.45, 7) is 2.00. The highest BCUT2D eigenvalue weighted by atomic mass is 32.2. The highest BCUT2D eigenvalue weighted by Crippen LogP contribution is 2.43. The van der Waals surface area contributed by atoms with Crippen LogP contribution >= 0.6 is 0 Å². The molecule has 4 N–H and O–H groups in total. The number of ether oxygens (including phenoxy) is 2. The molecule has 0 unspecified atom stereocenters. The Labute approximate surface area is 265 Å². The number of nitrogens with two attached hydrogens (primary N) is 1. The first-order valence-electron chi connectivity index (χ1n) is 14.8. The molecular formula is C32H34F2N4O7S. The van der Waals surface area contributed by atoms with Gasteiger partial charge in [0.2, 0.25) is 11.8 Å². The fourth-order valence-electron chi connectivity index (χ4n) is 5.60. The summed E-state index contributed by atoms with van der Waals surface area (Å²) in [6, 6.07) is 9.54. The van der Waals surface area contributed by atoms with Crippen molar-refractivity contribution in [3.8, 4) is 5.75 Å². The van der Waals surface area contributed by atoms with E-state index in [9.17, 15) is 27.2 Å². The number of halogens is 2. The maximum atomic E-state index is 15.0. The van der Waals surface area contributed by atoms with E-state index in [4.69, 9.17) is 15.2 Å². The molecule has 0 aromatic heterocycles. The molecule has 2 fully saturated rings. The second-order valence-electron chi connectivity index (χ2n) is 11.1. The normalized spacial score (nSPS) is 16.9. The molecule has 2 aliphatic rings. The molecule has 3 aromatic carbocycles. The third-order valence-corrected chi connectivity index (χ3v) is 10.3. The van der Waals surface area contributed by atoms with E-state index >= 15 is 4.39 Å². The van der Waals surface area contributed by atoms with E-state index in [0.29, 0.717) is 31.2 Å². The molecule has 3 amide bonds. The van der Waals surface area contributed by atoms with Crippen LogP contribution < -0.4 is 21.1 Å². The zero-order valence-electron chi connectivity index (χ0n) is 25.2. The average molecular weight is 657 g/mol. The van der Waals surface area contributed by atoms with Crippen molar-refractivity contribution in [1.82, 2.24) is 4.90 Å². The topological polar surface area (TPSA) is 157 Å². The Balaban J connectivity index is 1.58. The summed E-state index contributed by atoms with van der Waals surface area (Å²) in [6.07, 6.45) is 1.23. The number of primary amides is 1. The second kappa shape index (κ2) is 13.3. The highest BCUT2D eigenvalue weighted by molar-refractivity contribution is 7.92. The van der Waals surface area contributed by atoms with Gasteiger partial charge in [0, 0.05) is 17.8 Å². The lowest BCUT2D eigenvalue weighted by molar-refractivity contribution is -0.133. The molecule has 1 aliphatic heterocycles. The molecule has 0 spiro atoms. The van der Waals surface area contributed by atoms with Crippen molar-refractivity contribution in [2.75, 3.05) is 30.9 Å². The zero-order chi connectivity index (χ0) is 33.2. The van der Waals surface area contributed by atoms with Crippen LogP contribution in [-0.4, -0.2) is 56.7 Å². The molecular weight excluding hydrogens is 622 g/mol. The number of benzene rings is 3. The van der Waals surface area contributed by atoms with Crippen LogP contribution in [0.2, 0.25) is 0 Å². The van der Waals surface area contributed by atoms with Crippen molar-refractivity contribution in [3.63, 3.8) is 0 Å². The van der Waals surface area contributed by atoms with Gasteiger partial charge in [-0.1, -0.05) is 6.07 Å². The van der Waals surface area contributed by atoms with Crippen molar-refractivity contribution in [1.29, 1.82) is 0 Å². The van der Waals surface area contributed by atoms with Gasteiger partial charge in [0.05, 0.1) is 35.6 Å². The number of anilines is 2. The molecule has 1 aliphatic carbocycles. The van der Waals surface area contributed by atoms with Gasteiger partial charge in [0.25, 0.3) is 0 Å². The molecule has 1 saturated carbocycles. The van der Waals surface area contributed by atoms with Gasteiger partial charge >= 0.3 is 6.09 Å². The van der Waals surface area contributed by atoms with E-state index in [-0.39, 0.29) is 46.3 Å². The monoisotopic (exact) mass is 656 g/mol. The first kappa shape index (κ1) is 32.7. The molecule has 1 saturated heterocycles. The number of rotatable bonds is 11. The van der Waals surface area contributed by atoms with Crippen LogP contribution in [-0.2, 0) is 19.4 Å². The maximum absolute atomic E-state index is 15.0. The number of sulfone groups is 1. The summed E-state index contributed by atoms with van der Waals surface area (Å²) < 4.78 is 66.6. The van der Waals surface area contributed by atoms with Crippen LogP contribution in [0, 0.1) is 11.6 Å². The van der Waals surface area contributed by atoms with Crippen molar-refractivity contribution in [3.05, 3.63) is 82.9 Å². The van der Waals surface area contributed by atoms with Gasteiger partial charge < -0.3 is 25.4 Å². The molecule has 244 valence electrons. The van der Waals surface area contributed by atoms with E-state index in [1.54, 1.807) is 6.92 Å². The minimum atomic E-state index is -3.74. The van der Waals surface area contributed by atoms with E-state index in [2.05, 4.69) is 10.6 Å². The average Bonchev–Trinajstić information content (AvgIpc) is 3.78. The number of carbonyl (C=O) groups is 3. The van der Waals surface area contributed by atoms with E-state index < -0.39 is 56.7 Å². The largest absolute Gasteiger partial charge is 0.494 e. The smallest absolute Gasteiger partial charge is 0.411 e. The first-order chi connectivity index (χ1) is 21.9. The molecule has 5 rings (SSSR count). The van der Waals surface area contributed by atoms with Crippen LogP contribution in [0.15, 0.2) is 59.5 Å². The van der Waals surface area contributed by atoms with Crippen LogP contribution in [0.1, 0.15) is 66.2 Å². The predicted octanol–water partition coefficient (Wildman–Crippen LogP) is 5.09. The Morgan fingerprint density at radius 1 is 1.02 bits per heavy atom. The van der Waals surface area contributed by atoms with Gasteiger partial charge in [-0.2, -0.15) is 0 Å². The van der Waals surface area contributed by atoms with Gasteiger partial charge in [0.15, 0.2) is 21.4 Å². The SMILES string of the molecule is CCOC(=O)Nc1ccc(S(=O)(=O)C2CC2)c([C@H]2CCCN2C(=O)[C@@H](Nc2cc(C(N)=O)ccc2F)c2ccc(F)c(OC)c2)c1. The lowest BCUT2D eigenvalue weighted by Gasteiger charge is -2.31. The second-order valence-corrected chi connectivity index (χ2v) is 13.3. The number of hydrogen-bond acceptors (Lipinski definition) is 8. The minimum absolute atomic E-state index is 0.00771. The molecule has 11 nitrogen and oxygen atoms in total. The molecule has 0 radical (unpaired) electrons. The standard InChI is InChI=1S/C32H34F2N4O7S/c1-3-45-32(41)36-20-8-13-28(46(42,43)21-9-10-21)22(17-20)26-5-4-14-38(26)31(40)29(18-6-12-24(34)27(16-18)44-2)37-25-15-19(30(35)39)7-11-23(25)33/h6-8,11-13,15-17,21,26,29,37H,3-5,9-10,14H2,1-2H3,(H2,35,39)(H,36,41)/t26-,29+/m1/s1. The Bertz CT molecular complexity index is 1780. The maximum Gasteiger partial charge on any atom is 0.411 e. The Morgan fingerprint density at radius 3 is 2.43 bits per heavy atom. The Kier molecular flexibility index (Phi) is 9.47. The third kappa shape index (κ3) is 6.76. The zero-order valence-corrected chi connectivity index (χ0v) is 26.0. The molecule has 46 heavy (non-hydrogen) atoms. The molecule has 2 atom stereocenters. The molecule has 3 aromatic rings. The summed E-state index contributed by atoms with van der Waals surface area (Å²) in [4.78, 5) is 40.0. The van der Waals surface area contributed by atoms with Gasteiger partial charge in [-0.15, -0.1) is 0 Å². The summed E-state index contributed by atoms with van der Waals surface area (Å²) in [5.41, 5.74) is 6.02. The van der Waals surface area contributed by atoms with Crippen LogP contribution in [0.3, 0.4) is 0 Å². The van der Waals surface area contributed by atoms with Gasteiger partial charge in [-0.05, 0) is 92.3 Å². The number of amides is 3. The number of nitrogens with one attached hydrogen (secondary N) is 2. The van der Waals surface area contributed by atoms with Gasteiger partial charge in [-0.25, -0.2) is 22.0 Å². The van der Waals surface area contributed by atoms with Crippen LogP contribution in [0.25, 0.3) is 0 Å². The number of carbonyl (C=O) groups excluding carboxylic acids is 3. The molecule has 1 heterocycles. The van der Waals surface area contributed by atoms with Gasteiger partial charge in [-0.3, -0.25) is 14.9 Å². The number of nitrogens with zero attached hydrogens (tertiary/aromatic N) is 1. The third-order valence-electron chi connectivity index (χ3n) is 8.00. The van der Waals surface area contributed by atoms with E-state index in [0.717, 1.165) is 12.1 Å². The number of hydrogen-bond donors (Lipinski definition) is 3. The van der Waals surface area contributed by atoms with Crippen LogP contribution in [0.4, 0.5) is 25.0 Å². The fraction of sp³-hybridized carbons (Fsp3) is 0.344. The summed E-state index contributed by atoms with van der Waals surface area (Å²) in [7, 11) is -2.48. The van der Waals surface area contributed by atoms with Crippen molar-refractivity contribution in [2.45, 2.75) is 54.8 Å². The predicted molar refractivity (Wildman–Crippen MR) is 165 cm³/mol. The Hall–Kier alpha value is -4.72. The van der Waals surface area contributed by atoms with Gasteiger partial charge in [0.1, 0.15) is 11.9 Å². The van der Waals surface area contributed by atoms with E-state index in [1.165, 1.54) is 54.5 Å². The molecule has 0 bridgehead atoms. The lowest BCUT2D eigenvalue weighted by atomic mass is 10.0.